The van der Waals surface area contributed by atoms with Gasteiger partial charge in [0.1, 0.15) is 0 Å². The maximum Gasteiger partial charge on any atom is 0.176 e. The van der Waals surface area contributed by atoms with E-state index in [0.29, 0.717) is 6.61 Å². The van der Waals surface area contributed by atoms with E-state index in [1.54, 1.807) is 4.72 Å². The van der Waals surface area contributed by atoms with Crippen LogP contribution in [0.1, 0.15) is 6.42 Å². The second-order valence-corrected chi connectivity index (χ2v) is 4.50. The van der Waals surface area contributed by atoms with Crippen molar-refractivity contribution in [2.75, 3.05) is 6.61 Å². The minimum atomic E-state index is -4.60. The van der Waals surface area contributed by atoms with Crippen molar-refractivity contribution in [2.24, 2.45) is 0 Å². The largest absolute Gasteiger partial charge is 0.735 e. The molecule has 14 heavy (non-hydrogen) atoms. The summed E-state index contributed by atoms with van der Waals surface area (Å²) in [4.78, 5) is 0. The summed E-state index contributed by atoms with van der Waals surface area (Å²) in [5.74, 6) is 0. The van der Waals surface area contributed by atoms with Crippen LogP contribution < -0.4 is 4.72 Å². The molecule has 0 saturated carbocycles. The van der Waals surface area contributed by atoms with E-state index in [1.807, 2.05) is 0 Å². The van der Waals surface area contributed by atoms with Crippen molar-refractivity contribution >= 4 is 10.3 Å². The summed E-state index contributed by atoms with van der Waals surface area (Å²) in [6.07, 6.45) is -1.73. The highest BCUT2D eigenvalue weighted by Crippen LogP contribution is 2.27. The average molecular weight is 224 g/mol. The van der Waals surface area contributed by atoms with Gasteiger partial charge in [-0.15, -0.1) is 0 Å². The van der Waals surface area contributed by atoms with Crippen LogP contribution in [-0.4, -0.2) is 49.2 Å². The maximum absolute atomic E-state index is 10.4. The third-order valence-electron chi connectivity index (χ3n) is 2.27. The fourth-order valence-electron chi connectivity index (χ4n) is 1.68. The van der Waals surface area contributed by atoms with Gasteiger partial charge in [-0.25, -0.2) is 13.1 Å². The Kier molecular flexibility index (Phi) is 2.50. The number of aliphatic hydroxyl groups is 1. The topological polar surface area (TPSA) is 108 Å². The first kappa shape index (κ1) is 10.3. The number of hydrogen-bond acceptors (Lipinski definition) is 6. The third kappa shape index (κ3) is 2.05. The Morgan fingerprint density at radius 2 is 2.21 bits per heavy atom. The quantitative estimate of drug-likeness (QED) is 0.521. The molecule has 2 heterocycles. The van der Waals surface area contributed by atoms with Crippen LogP contribution in [0.25, 0.3) is 0 Å². The lowest BCUT2D eigenvalue weighted by Crippen LogP contribution is -2.54. The summed E-state index contributed by atoms with van der Waals surface area (Å²) in [5, 5.41) is 9.49. The molecule has 0 radical (unpaired) electrons. The van der Waals surface area contributed by atoms with Gasteiger partial charge in [-0.1, -0.05) is 0 Å². The zero-order valence-corrected chi connectivity index (χ0v) is 7.94. The van der Waals surface area contributed by atoms with Crippen molar-refractivity contribution in [3.05, 3.63) is 0 Å². The van der Waals surface area contributed by atoms with E-state index < -0.39 is 28.7 Å². The van der Waals surface area contributed by atoms with Gasteiger partial charge in [-0.2, -0.15) is 0 Å². The molecule has 2 unspecified atom stereocenters. The number of nitrogens with one attached hydrogen (secondary N) is 1. The van der Waals surface area contributed by atoms with Gasteiger partial charge in [0.2, 0.25) is 0 Å². The number of hydrogen-bond donors (Lipinski definition) is 2. The second-order valence-electron chi connectivity index (χ2n) is 3.36. The first-order chi connectivity index (χ1) is 6.46. The molecule has 2 bridgehead atoms. The van der Waals surface area contributed by atoms with E-state index in [4.69, 9.17) is 9.47 Å². The van der Waals surface area contributed by atoms with E-state index >= 15 is 0 Å². The Hall–Kier alpha value is -0.250. The smallest absolute Gasteiger partial charge is 0.176 e. The van der Waals surface area contributed by atoms with Crippen molar-refractivity contribution in [3.63, 3.8) is 0 Å². The van der Waals surface area contributed by atoms with E-state index in [1.165, 1.54) is 0 Å². The molecule has 0 aromatic rings. The summed E-state index contributed by atoms with van der Waals surface area (Å²) in [6, 6.07) is -1.00. The predicted octanol–water partition coefficient (Wildman–Crippen LogP) is -2.09. The van der Waals surface area contributed by atoms with Gasteiger partial charge in [0.05, 0.1) is 24.9 Å². The van der Waals surface area contributed by atoms with Crippen molar-refractivity contribution in [3.8, 4) is 0 Å². The fraction of sp³-hybridized carbons (Fsp3) is 1.00. The molecule has 2 aliphatic heterocycles. The van der Waals surface area contributed by atoms with E-state index in [-0.39, 0.29) is 12.5 Å². The molecule has 2 saturated heterocycles. The molecular formula is C6H10NO6S-. The maximum atomic E-state index is 10.4. The molecule has 2 rings (SSSR count). The Balaban J connectivity index is 2.09. The van der Waals surface area contributed by atoms with Crippen molar-refractivity contribution in [1.82, 2.24) is 4.72 Å². The lowest BCUT2D eigenvalue weighted by molar-refractivity contribution is -0.135. The summed E-state index contributed by atoms with van der Waals surface area (Å²) < 4.78 is 43.3. The number of ether oxygens (including phenoxy) is 2. The van der Waals surface area contributed by atoms with Gasteiger partial charge in [-0.3, -0.25) is 0 Å². The minimum Gasteiger partial charge on any atom is -0.735 e. The summed E-state index contributed by atoms with van der Waals surface area (Å²) in [7, 11) is -4.60. The highest BCUT2D eigenvalue weighted by atomic mass is 32.2. The van der Waals surface area contributed by atoms with E-state index in [0.717, 1.165) is 0 Å². The Labute approximate surface area is 80.9 Å². The monoisotopic (exact) mass is 224 g/mol. The first-order valence-electron chi connectivity index (χ1n) is 4.14. The molecule has 0 aromatic carbocycles. The lowest BCUT2D eigenvalue weighted by atomic mass is 10.0. The fourth-order valence-corrected chi connectivity index (χ4v) is 2.28. The van der Waals surface area contributed by atoms with Crippen molar-refractivity contribution < 1.29 is 27.6 Å². The van der Waals surface area contributed by atoms with Crippen LogP contribution in [0.2, 0.25) is 0 Å². The van der Waals surface area contributed by atoms with Gasteiger partial charge in [0.15, 0.2) is 16.6 Å². The molecule has 0 aliphatic carbocycles. The SMILES string of the molecule is O=S(=O)([O-])NC1[C@@H]2OCC(C[C@H]1O)O2. The van der Waals surface area contributed by atoms with Gasteiger partial charge < -0.3 is 19.1 Å². The standard InChI is InChI=1S/C6H11NO6S/c8-4-1-3-2-12-6(13-3)5(4)7-14(9,10)11/h3-8H,1-2H2,(H,9,10,11)/p-1/t3?,4-,5?,6-/m1/s1. The Morgan fingerprint density at radius 1 is 1.50 bits per heavy atom. The second kappa shape index (κ2) is 3.40. The zero-order chi connectivity index (χ0) is 10.3. The van der Waals surface area contributed by atoms with Crippen LogP contribution in [-0.2, 0) is 19.8 Å². The molecule has 0 aromatic heterocycles. The first-order valence-corrected chi connectivity index (χ1v) is 5.55. The molecule has 7 nitrogen and oxygen atoms in total. The average Bonchev–Trinajstić information content (AvgIpc) is 2.41. The highest BCUT2D eigenvalue weighted by Gasteiger charge is 2.44. The van der Waals surface area contributed by atoms with Crippen LogP contribution in [0.3, 0.4) is 0 Å². The summed E-state index contributed by atoms with van der Waals surface area (Å²) >= 11 is 0. The van der Waals surface area contributed by atoms with Gasteiger partial charge in [0, 0.05) is 6.42 Å². The van der Waals surface area contributed by atoms with Crippen LogP contribution in [0.4, 0.5) is 0 Å². The molecule has 8 heteroatoms. The van der Waals surface area contributed by atoms with Crippen molar-refractivity contribution in [2.45, 2.75) is 31.0 Å². The number of aliphatic hydroxyl groups excluding tert-OH is 1. The third-order valence-corrected chi connectivity index (χ3v) is 2.83. The lowest BCUT2D eigenvalue weighted by Gasteiger charge is -2.33. The Morgan fingerprint density at radius 3 is 2.86 bits per heavy atom. The summed E-state index contributed by atoms with van der Waals surface area (Å²) in [5.41, 5.74) is 0. The van der Waals surface area contributed by atoms with Crippen LogP contribution >= 0.6 is 0 Å². The predicted molar refractivity (Wildman–Crippen MR) is 41.9 cm³/mol. The number of fused-ring (bicyclic) bond motifs is 2. The minimum absolute atomic E-state index is 0.206. The van der Waals surface area contributed by atoms with Crippen molar-refractivity contribution in [1.29, 1.82) is 0 Å². The highest BCUT2D eigenvalue weighted by molar-refractivity contribution is 7.83. The Bertz CT molecular complexity index is 316. The molecule has 4 atom stereocenters. The van der Waals surface area contributed by atoms with Crippen LogP contribution in [0.15, 0.2) is 0 Å². The van der Waals surface area contributed by atoms with Gasteiger partial charge in [-0.05, 0) is 0 Å². The van der Waals surface area contributed by atoms with E-state index in [9.17, 15) is 18.1 Å². The molecule has 2 aliphatic rings. The van der Waals surface area contributed by atoms with E-state index in [2.05, 4.69) is 0 Å². The molecule has 82 valence electrons. The molecule has 0 amide bonds. The van der Waals surface area contributed by atoms with Crippen LogP contribution in [0, 0.1) is 0 Å². The number of rotatable bonds is 2. The van der Waals surface area contributed by atoms with Gasteiger partial charge in [0.25, 0.3) is 0 Å². The molecular weight excluding hydrogens is 214 g/mol. The summed E-state index contributed by atoms with van der Waals surface area (Å²) in [6.45, 7) is 0.318. The van der Waals surface area contributed by atoms with Crippen LogP contribution in [0.5, 0.6) is 0 Å². The zero-order valence-electron chi connectivity index (χ0n) is 7.12. The van der Waals surface area contributed by atoms with Gasteiger partial charge >= 0.3 is 0 Å². The molecule has 2 N–H and O–H groups in total. The normalized spacial score (nSPS) is 42.7. The molecule has 2 fully saturated rings. The molecule has 0 spiro atoms.